The summed E-state index contributed by atoms with van der Waals surface area (Å²) in [6, 6.07) is 14.0. The average molecular weight is 542 g/mol. The Morgan fingerprint density at radius 2 is 1.79 bits per heavy atom. The van der Waals surface area contributed by atoms with E-state index in [0.717, 1.165) is 4.47 Å². The molecule has 0 aliphatic rings. The molecule has 0 aromatic heterocycles. The van der Waals surface area contributed by atoms with Crippen molar-refractivity contribution in [1.29, 1.82) is 0 Å². The lowest BCUT2D eigenvalue weighted by molar-refractivity contribution is -0.142. The van der Waals surface area contributed by atoms with Crippen molar-refractivity contribution < 1.29 is 33.6 Å². The smallest absolute Gasteiger partial charge is 0.412 e. The second-order valence-corrected chi connectivity index (χ2v) is 7.99. The van der Waals surface area contributed by atoms with E-state index in [0.29, 0.717) is 30.0 Å². The standard InChI is InChI=1S/C23H28BrNO7S/c1-2-29-20(11-13-31-21(27)15-33)22(16-3-9-19(10-4-16)30-14-12-26)32-23(28)25-18-7-5-17(24)6-8-18/h3-10,20,22,26,33H,2,11-15H2,1H3,(H,25,28)/t20-,22-/m0/s1. The monoisotopic (exact) mass is 541 g/mol. The first-order chi connectivity index (χ1) is 16.0. The van der Waals surface area contributed by atoms with E-state index in [9.17, 15) is 9.59 Å². The first-order valence-corrected chi connectivity index (χ1v) is 11.8. The van der Waals surface area contributed by atoms with Crippen LogP contribution in [0, 0.1) is 0 Å². The average Bonchev–Trinajstić information content (AvgIpc) is 2.82. The van der Waals surface area contributed by atoms with Gasteiger partial charge in [0, 0.05) is 23.2 Å². The molecule has 2 atom stereocenters. The molecule has 10 heteroatoms. The highest BCUT2D eigenvalue weighted by atomic mass is 79.9. The van der Waals surface area contributed by atoms with Crippen LogP contribution in [0.2, 0.25) is 0 Å². The van der Waals surface area contributed by atoms with E-state index < -0.39 is 24.3 Å². The molecule has 1 amide bonds. The molecule has 0 bridgehead atoms. The number of halogens is 1. The minimum absolute atomic E-state index is 0.0237. The van der Waals surface area contributed by atoms with Gasteiger partial charge in [-0.3, -0.25) is 10.1 Å². The van der Waals surface area contributed by atoms with Gasteiger partial charge in [0.2, 0.25) is 0 Å². The van der Waals surface area contributed by atoms with Crippen molar-refractivity contribution in [2.45, 2.75) is 25.6 Å². The molecule has 0 aliphatic heterocycles. The summed E-state index contributed by atoms with van der Waals surface area (Å²) in [5.41, 5.74) is 1.25. The molecule has 0 radical (unpaired) electrons. The minimum Gasteiger partial charge on any atom is -0.491 e. The number of benzene rings is 2. The van der Waals surface area contributed by atoms with Crippen molar-refractivity contribution in [3.8, 4) is 5.75 Å². The Hall–Kier alpha value is -2.27. The Morgan fingerprint density at radius 1 is 1.09 bits per heavy atom. The number of carbonyl (C=O) groups is 2. The maximum Gasteiger partial charge on any atom is 0.412 e. The molecule has 0 aliphatic carbocycles. The summed E-state index contributed by atoms with van der Waals surface area (Å²) in [6.07, 6.45) is -1.68. The van der Waals surface area contributed by atoms with Crippen molar-refractivity contribution in [2.75, 3.05) is 37.5 Å². The van der Waals surface area contributed by atoms with Gasteiger partial charge < -0.3 is 24.1 Å². The maximum atomic E-state index is 12.7. The Labute approximate surface area is 207 Å². The third-order valence-electron chi connectivity index (χ3n) is 4.41. The highest BCUT2D eigenvalue weighted by Gasteiger charge is 2.28. The van der Waals surface area contributed by atoms with Crippen LogP contribution in [-0.2, 0) is 19.0 Å². The van der Waals surface area contributed by atoms with Gasteiger partial charge >= 0.3 is 12.1 Å². The van der Waals surface area contributed by atoms with Gasteiger partial charge in [-0.2, -0.15) is 12.6 Å². The van der Waals surface area contributed by atoms with Gasteiger partial charge in [-0.05, 0) is 48.9 Å². The predicted octanol–water partition coefficient (Wildman–Crippen LogP) is 4.38. The molecule has 33 heavy (non-hydrogen) atoms. The topological polar surface area (TPSA) is 103 Å². The van der Waals surface area contributed by atoms with Crippen molar-refractivity contribution in [2.24, 2.45) is 0 Å². The third kappa shape index (κ3) is 9.63. The van der Waals surface area contributed by atoms with Gasteiger partial charge in [-0.25, -0.2) is 4.79 Å². The van der Waals surface area contributed by atoms with E-state index >= 15 is 0 Å². The van der Waals surface area contributed by atoms with Gasteiger partial charge in [0.25, 0.3) is 0 Å². The van der Waals surface area contributed by atoms with E-state index in [1.54, 1.807) is 48.5 Å². The van der Waals surface area contributed by atoms with E-state index in [-0.39, 0.29) is 25.6 Å². The number of rotatable bonds is 13. The molecule has 2 N–H and O–H groups in total. The quantitative estimate of drug-likeness (QED) is 0.255. The Morgan fingerprint density at radius 3 is 2.39 bits per heavy atom. The molecular weight excluding hydrogens is 514 g/mol. The molecule has 2 aromatic carbocycles. The third-order valence-corrected chi connectivity index (χ3v) is 5.19. The van der Waals surface area contributed by atoms with Gasteiger partial charge in [-0.1, -0.05) is 28.1 Å². The fraction of sp³-hybridized carbons (Fsp3) is 0.391. The fourth-order valence-corrected chi connectivity index (χ4v) is 3.30. The second-order valence-electron chi connectivity index (χ2n) is 6.76. The molecule has 2 aromatic rings. The Bertz CT molecular complexity index is 864. The first kappa shape index (κ1) is 27.0. The molecule has 0 spiro atoms. The van der Waals surface area contributed by atoms with Gasteiger partial charge in [0.05, 0.1) is 19.0 Å². The van der Waals surface area contributed by atoms with Crippen LogP contribution in [0.4, 0.5) is 10.5 Å². The molecule has 0 unspecified atom stereocenters. The number of amides is 1. The maximum absolute atomic E-state index is 12.7. The van der Waals surface area contributed by atoms with Crippen molar-refractivity contribution in [3.63, 3.8) is 0 Å². The van der Waals surface area contributed by atoms with Gasteiger partial charge in [0.1, 0.15) is 18.5 Å². The van der Waals surface area contributed by atoms with Gasteiger partial charge in [0.15, 0.2) is 6.10 Å². The van der Waals surface area contributed by atoms with Crippen LogP contribution in [0.25, 0.3) is 0 Å². The van der Waals surface area contributed by atoms with E-state index in [1.807, 2.05) is 6.92 Å². The van der Waals surface area contributed by atoms with Crippen LogP contribution in [0.5, 0.6) is 5.75 Å². The zero-order valence-corrected chi connectivity index (χ0v) is 20.7. The molecule has 0 saturated carbocycles. The number of aliphatic hydroxyl groups excluding tert-OH is 1. The number of nitrogens with one attached hydrogen (secondary N) is 1. The highest BCUT2D eigenvalue weighted by molar-refractivity contribution is 9.10. The second kappa shape index (κ2) is 14.8. The molecular formula is C23H28BrNO7S. The summed E-state index contributed by atoms with van der Waals surface area (Å²) in [5, 5.41) is 11.6. The Kier molecular flexibility index (Phi) is 12.1. The lowest BCUT2D eigenvalue weighted by Gasteiger charge is -2.27. The SMILES string of the molecule is CCO[C@@H](CCOC(=O)CS)[C@@H](OC(=O)Nc1ccc(Br)cc1)c1ccc(OCCO)cc1. The van der Waals surface area contributed by atoms with Crippen LogP contribution in [0.15, 0.2) is 53.0 Å². The van der Waals surface area contributed by atoms with Crippen molar-refractivity contribution >= 4 is 46.3 Å². The predicted molar refractivity (Wildman–Crippen MR) is 131 cm³/mol. The van der Waals surface area contributed by atoms with Crippen molar-refractivity contribution in [3.05, 3.63) is 58.6 Å². The zero-order valence-electron chi connectivity index (χ0n) is 18.2. The van der Waals surface area contributed by atoms with Crippen LogP contribution in [-0.4, -0.2) is 55.5 Å². The summed E-state index contributed by atoms with van der Waals surface area (Å²) in [6.45, 7) is 2.37. The number of ether oxygens (including phenoxy) is 4. The van der Waals surface area contributed by atoms with Crippen molar-refractivity contribution in [1.82, 2.24) is 0 Å². The van der Waals surface area contributed by atoms with Crippen LogP contribution >= 0.6 is 28.6 Å². The summed E-state index contributed by atoms with van der Waals surface area (Å²) in [5.74, 6) is 0.107. The lowest BCUT2D eigenvalue weighted by atomic mass is 10.0. The molecule has 0 fully saturated rings. The molecule has 180 valence electrons. The molecule has 8 nitrogen and oxygen atoms in total. The van der Waals surface area contributed by atoms with E-state index in [4.69, 9.17) is 24.1 Å². The van der Waals surface area contributed by atoms with E-state index in [1.165, 1.54) is 0 Å². The largest absolute Gasteiger partial charge is 0.491 e. The summed E-state index contributed by atoms with van der Waals surface area (Å²) < 4.78 is 23.0. The Balaban J connectivity index is 2.19. The summed E-state index contributed by atoms with van der Waals surface area (Å²) >= 11 is 7.25. The van der Waals surface area contributed by atoms with Gasteiger partial charge in [-0.15, -0.1) is 0 Å². The first-order valence-electron chi connectivity index (χ1n) is 10.4. The fourth-order valence-electron chi connectivity index (χ4n) is 2.94. The van der Waals surface area contributed by atoms with Crippen LogP contribution < -0.4 is 10.1 Å². The molecule has 0 heterocycles. The minimum atomic E-state index is -0.776. The number of anilines is 1. The van der Waals surface area contributed by atoms with Crippen LogP contribution in [0.1, 0.15) is 25.0 Å². The lowest BCUT2D eigenvalue weighted by Crippen LogP contribution is -2.30. The number of thiol groups is 1. The number of hydrogen-bond acceptors (Lipinski definition) is 8. The van der Waals surface area contributed by atoms with Crippen LogP contribution in [0.3, 0.4) is 0 Å². The zero-order chi connectivity index (χ0) is 24.1. The number of esters is 1. The molecule has 0 saturated heterocycles. The summed E-state index contributed by atoms with van der Waals surface area (Å²) in [7, 11) is 0. The molecule has 2 rings (SSSR count). The highest BCUT2D eigenvalue weighted by Crippen LogP contribution is 2.28. The number of aliphatic hydroxyl groups is 1. The van der Waals surface area contributed by atoms with E-state index in [2.05, 4.69) is 33.9 Å². The number of carbonyl (C=O) groups excluding carboxylic acids is 2. The summed E-state index contributed by atoms with van der Waals surface area (Å²) in [4.78, 5) is 24.1. The number of hydrogen-bond donors (Lipinski definition) is 3. The normalized spacial score (nSPS) is 12.5.